The molecule has 0 N–H and O–H groups in total. The zero-order chi connectivity index (χ0) is 22.0. The largest absolute Gasteiger partial charge is 0.477 e. The lowest BCUT2D eigenvalue weighted by Crippen LogP contribution is -2.42. The zero-order valence-corrected chi connectivity index (χ0v) is 18.6. The Morgan fingerprint density at radius 3 is 2.68 bits per heavy atom. The number of ether oxygens (including phenoxy) is 1. The smallest absolute Gasteiger partial charge is 0.257 e. The molecule has 2 aliphatic heterocycles. The Kier molecular flexibility index (Phi) is 6.25. The minimum absolute atomic E-state index is 0.0586. The molecule has 1 atom stereocenters. The molecular formula is C23H31N5O3. The van der Waals surface area contributed by atoms with E-state index in [1.165, 1.54) is 0 Å². The third kappa shape index (κ3) is 4.89. The Bertz CT molecular complexity index is 948. The van der Waals surface area contributed by atoms with Crippen LogP contribution in [0.5, 0.6) is 5.88 Å². The molecule has 2 aliphatic rings. The van der Waals surface area contributed by atoms with Crippen LogP contribution in [0.15, 0.2) is 24.5 Å². The summed E-state index contributed by atoms with van der Waals surface area (Å²) in [5, 5.41) is 4.18. The molecule has 2 saturated heterocycles. The van der Waals surface area contributed by atoms with Gasteiger partial charge in [-0.1, -0.05) is 0 Å². The molecule has 0 aromatic carbocycles. The van der Waals surface area contributed by atoms with Crippen molar-refractivity contribution in [3.8, 4) is 5.88 Å². The van der Waals surface area contributed by atoms with Gasteiger partial charge in [0.2, 0.25) is 11.8 Å². The van der Waals surface area contributed by atoms with Crippen molar-refractivity contribution in [2.75, 3.05) is 32.8 Å². The molecule has 1 unspecified atom stereocenters. The van der Waals surface area contributed by atoms with Crippen LogP contribution in [0.3, 0.4) is 0 Å². The van der Waals surface area contributed by atoms with E-state index in [9.17, 15) is 9.59 Å². The first-order chi connectivity index (χ1) is 14.9. The summed E-state index contributed by atoms with van der Waals surface area (Å²) in [4.78, 5) is 33.4. The summed E-state index contributed by atoms with van der Waals surface area (Å²) in [5.41, 5.74) is 2.68. The molecule has 2 aromatic heterocycles. The average molecular weight is 426 g/mol. The van der Waals surface area contributed by atoms with Gasteiger partial charge in [-0.05, 0) is 44.2 Å². The van der Waals surface area contributed by atoms with Crippen molar-refractivity contribution < 1.29 is 14.3 Å². The highest BCUT2D eigenvalue weighted by Gasteiger charge is 2.33. The number of hydrogen-bond acceptors (Lipinski definition) is 5. The van der Waals surface area contributed by atoms with Gasteiger partial charge in [-0.25, -0.2) is 4.98 Å². The minimum Gasteiger partial charge on any atom is -0.477 e. The second-order valence-electron chi connectivity index (χ2n) is 8.85. The van der Waals surface area contributed by atoms with E-state index < -0.39 is 0 Å². The molecule has 2 fully saturated rings. The molecule has 166 valence electrons. The highest BCUT2D eigenvalue weighted by molar-refractivity contribution is 5.95. The summed E-state index contributed by atoms with van der Waals surface area (Å²) < 4.78 is 7.54. The first-order valence-electron chi connectivity index (χ1n) is 11.0. The van der Waals surface area contributed by atoms with Gasteiger partial charge in [0, 0.05) is 63.5 Å². The minimum atomic E-state index is 0.0586. The molecule has 31 heavy (non-hydrogen) atoms. The van der Waals surface area contributed by atoms with Crippen LogP contribution in [0.25, 0.3) is 0 Å². The summed E-state index contributed by atoms with van der Waals surface area (Å²) in [6, 6.07) is 3.85. The van der Waals surface area contributed by atoms with Crippen LogP contribution in [-0.2, 0) is 11.8 Å². The number of aromatic nitrogens is 3. The normalized spacial score (nSPS) is 19.8. The van der Waals surface area contributed by atoms with Crippen molar-refractivity contribution in [3.63, 3.8) is 0 Å². The summed E-state index contributed by atoms with van der Waals surface area (Å²) in [6.07, 6.45) is 5.76. The second-order valence-corrected chi connectivity index (χ2v) is 8.85. The third-order valence-corrected chi connectivity index (χ3v) is 6.50. The van der Waals surface area contributed by atoms with Gasteiger partial charge in [-0.3, -0.25) is 14.3 Å². The van der Waals surface area contributed by atoms with Crippen molar-refractivity contribution in [3.05, 3.63) is 41.3 Å². The topological polar surface area (TPSA) is 80.6 Å². The molecule has 0 radical (unpaired) electrons. The Morgan fingerprint density at radius 2 is 2.00 bits per heavy atom. The fourth-order valence-corrected chi connectivity index (χ4v) is 4.44. The predicted molar refractivity (Wildman–Crippen MR) is 116 cm³/mol. The van der Waals surface area contributed by atoms with Crippen LogP contribution in [0.4, 0.5) is 0 Å². The molecular weight excluding hydrogens is 394 g/mol. The molecule has 4 heterocycles. The lowest BCUT2D eigenvalue weighted by atomic mass is 9.95. The first-order valence-corrected chi connectivity index (χ1v) is 11.0. The SMILES string of the molecule is Cc1ccnc(OCC2CC(=O)N(CC3CCN(C(=O)c4cnn(C)c4C)CC3)C2)c1. The van der Waals surface area contributed by atoms with Crippen molar-refractivity contribution >= 4 is 11.8 Å². The van der Waals surface area contributed by atoms with E-state index in [4.69, 9.17) is 4.74 Å². The van der Waals surface area contributed by atoms with Gasteiger partial charge in [0.1, 0.15) is 0 Å². The van der Waals surface area contributed by atoms with Crippen LogP contribution < -0.4 is 4.74 Å². The van der Waals surface area contributed by atoms with Gasteiger partial charge < -0.3 is 14.5 Å². The fourth-order valence-electron chi connectivity index (χ4n) is 4.44. The van der Waals surface area contributed by atoms with Gasteiger partial charge in [-0.2, -0.15) is 5.10 Å². The molecule has 0 bridgehead atoms. The molecule has 0 spiro atoms. The van der Waals surface area contributed by atoms with E-state index in [0.717, 1.165) is 50.3 Å². The van der Waals surface area contributed by atoms with E-state index in [1.54, 1.807) is 17.1 Å². The number of carbonyl (C=O) groups is 2. The lowest BCUT2D eigenvalue weighted by Gasteiger charge is -2.34. The van der Waals surface area contributed by atoms with Crippen molar-refractivity contribution in [2.24, 2.45) is 18.9 Å². The first kappa shape index (κ1) is 21.3. The summed E-state index contributed by atoms with van der Waals surface area (Å²) >= 11 is 0. The Hall–Kier alpha value is -2.90. The fraction of sp³-hybridized carbons (Fsp3) is 0.565. The van der Waals surface area contributed by atoms with Crippen molar-refractivity contribution in [2.45, 2.75) is 33.1 Å². The molecule has 0 aliphatic carbocycles. The summed E-state index contributed by atoms with van der Waals surface area (Å²) in [6.45, 7) is 7.39. The molecule has 2 amide bonds. The standard InChI is InChI=1S/C23H31N5O3/c1-16-4-7-24-21(10-16)31-15-19-11-22(29)28(14-19)13-18-5-8-27(9-6-18)23(30)20-12-25-26(3)17(20)2/h4,7,10,12,18-19H,5-6,8-9,11,13-15H2,1-3H3. The monoisotopic (exact) mass is 425 g/mol. The summed E-state index contributed by atoms with van der Waals surface area (Å²) in [5.74, 6) is 1.51. The third-order valence-electron chi connectivity index (χ3n) is 6.50. The number of rotatable bonds is 6. The van der Waals surface area contributed by atoms with Gasteiger partial charge in [0.25, 0.3) is 5.91 Å². The number of aryl methyl sites for hydroxylation is 2. The van der Waals surface area contributed by atoms with Crippen molar-refractivity contribution in [1.82, 2.24) is 24.6 Å². The number of hydrogen-bond donors (Lipinski definition) is 0. The molecule has 8 heteroatoms. The molecule has 2 aromatic rings. The number of pyridine rings is 1. The maximum absolute atomic E-state index is 12.8. The van der Waals surface area contributed by atoms with E-state index >= 15 is 0 Å². The highest BCUT2D eigenvalue weighted by Crippen LogP contribution is 2.25. The average Bonchev–Trinajstić information content (AvgIpc) is 3.28. The molecule has 4 rings (SSSR count). The summed E-state index contributed by atoms with van der Waals surface area (Å²) in [7, 11) is 1.85. The lowest BCUT2D eigenvalue weighted by molar-refractivity contribution is -0.128. The Morgan fingerprint density at radius 1 is 1.23 bits per heavy atom. The van der Waals surface area contributed by atoms with Crippen LogP contribution in [-0.4, -0.2) is 69.2 Å². The number of amides is 2. The van der Waals surface area contributed by atoms with E-state index in [1.807, 2.05) is 42.8 Å². The number of carbonyl (C=O) groups excluding carboxylic acids is 2. The maximum Gasteiger partial charge on any atom is 0.257 e. The van der Waals surface area contributed by atoms with Crippen LogP contribution in [0.1, 0.15) is 40.9 Å². The quantitative estimate of drug-likeness (QED) is 0.709. The van der Waals surface area contributed by atoms with Crippen molar-refractivity contribution in [1.29, 1.82) is 0 Å². The van der Waals surface area contributed by atoms with Gasteiger partial charge in [0.15, 0.2) is 0 Å². The van der Waals surface area contributed by atoms with E-state index in [-0.39, 0.29) is 17.7 Å². The van der Waals surface area contributed by atoms with Crippen LogP contribution in [0, 0.1) is 25.7 Å². The number of likely N-dealkylation sites (tertiary alicyclic amines) is 2. The van der Waals surface area contributed by atoms with E-state index in [2.05, 4.69) is 10.1 Å². The number of piperidine rings is 1. The van der Waals surface area contributed by atoms with Crippen LogP contribution in [0.2, 0.25) is 0 Å². The molecule has 0 saturated carbocycles. The second kappa shape index (κ2) is 9.08. The van der Waals surface area contributed by atoms with Gasteiger partial charge >= 0.3 is 0 Å². The van der Waals surface area contributed by atoms with Gasteiger partial charge in [0.05, 0.1) is 18.4 Å². The highest BCUT2D eigenvalue weighted by atomic mass is 16.5. The number of nitrogens with zero attached hydrogens (tertiary/aromatic N) is 5. The van der Waals surface area contributed by atoms with E-state index in [0.29, 0.717) is 30.4 Å². The predicted octanol–water partition coefficient (Wildman–Crippen LogP) is 2.21. The zero-order valence-electron chi connectivity index (χ0n) is 18.6. The maximum atomic E-state index is 12.8. The van der Waals surface area contributed by atoms with Gasteiger partial charge in [-0.15, -0.1) is 0 Å². The molecule has 8 nitrogen and oxygen atoms in total. The van der Waals surface area contributed by atoms with Crippen LogP contribution >= 0.6 is 0 Å². The Balaban J connectivity index is 1.23. The Labute approximate surface area is 183 Å².